The Balaban J connectivity index is 0. The van der Waals surface area contributed by atoms with E-state index in [2.05, 4.69) is 47.1 Å². The topological polar surface area (TPSA) is 0 Å². The fourth-order valence-corrected chi connectivity index (χ4v) is 2.83. The summed E-state index contributed by atoms with van der Waals surface area (Å²) in [5.74, 6) is 0. The second kappa shape index (κ2) is 6.64. The molecule has 1 aromatic rings. The van der Waals surface area contributed by atoms with Gasteiger partial charge >= 0.3 is 96.6 Å². The third-order valence-corrected chi connectivity index (χ3v) is 4.80. The Morgan fingerprint density at radius 2 is 1.80 bits per heavy atom. The van der Waals surface area contributed by atoms with E-state index in [0.29, 0.717) is 3.63 Å². The van der Waals surface area contributed by atoms with E-state index in [-0.39, 0.29) is 14.1 Å². The first-order valence-corrected chi connectivity index (χ1v) is 6.09. The van der Waals surface area contributed by atoms with Crippen molar-refractivity contribution in [3.05, 3.63) is 39.4 Å². The van der Waals surface area contributed by atoms with Crippen molar-refractivity contribution in [1.29, 1.82) is 0 Å². The molecule has 1 aromatic carbocycles. The van der Waals surface area contributed by atoms with Gasteiger partial charge in [-0.1, -0.05) is 0 Å². The Morgan fingerprint density at radius 3 is 2.33 bits per heavy atom. The second-order valence-corrected chi connectivity index (χ2v) is 5.34. The smallest absolute Gasteiger partial charge is 1.00 e. The molecule has 0 amide bonds. The molecule has 0 bridgehead atoms. The summed E-state index contributed by atoms with van der Waals surface area (Å²) in [6.07, 6.45) is 2.29. The van der Waals surface area contributed by atoms with E-state index in [1.54, 1.807) is 24.7 Å². The van der Waals surface area contributed by atoms with Crippen molar-refractivity contribution in [2.45, 2.75) is 10.5 Å². The molecule has 0 heterocycles. The average molecular weight is 356 g/mol. The standard InChI is InChI=1S/C10H8Br.3FH.Zr/c1-7-5-8-3-2-4-10(11)9(8)6-7;;;;/h2-6H,1H3;3*1H;/q;;;;+3/p-3. The van der Waals surface area contributed by atoms with Gasteiger partial charge in [-0.25, -0.2) is 0 Å². The Kier molecular flexibility index (Phi) is 7.75. The summed E-state index contributed by atoms with van der Waals surface area (Å²) in [6, 6.07) is 6.45. The van der Waals surface area contributed by atoms with Gasteiger partial charge in [0.05, 0.1) is 0 Å². The largest absolute Gasteiger partial charge is 1.00 e. The molecule has 1 unspecified atom stereocenters. The number of halogens is 4. The minimum absolute atomic E-state index is 0. The van der Waals surface area contributed by atoms with Crippen LogP contribution >= 0.6 is 15.9 Å². The normalized spacial score (nSPS) is 16.5. The molecular formula is C10H8BrF3Zr. The number of hydrogen-bond acceptors (Lipinski definition) is 0. The number of rotatable bonds is 0. The summed E-state index contributed by atoms with van der Waals surface area (Å²) in [6.45, 7) is 2.21. The first-order chi connectivity index (χ1) is 5.70. The maximum Gasteiger partial charge on any atom is -1.00 e. The Morgan fingerprint density at radius 1 is 1.20 bits per heavy atom. The van der Waals surface area contributed by atoms with Gasteiger partial charge in [0.2, 0.25) is 0 Å². The van der Waals surface area contributed by atoms with Crippen LogP contribution in [0, 0.1) is 0 Å². The summed E-state index contributed by atoms with van der Waals surface area (Å²) in [5.41, 5.74) is 4.37. The van der Waals surface area contributed by atoms with E-state index in [9.17, 15) is 0 Å². The number of fused-ring (bicyclic) bond motifs is 1. The number of benzene rings is 1. The molecule has 0 saturated heterocycles. The zero-order valence-corrected chi connectivity index (χ0v) is 11.9. The molecule has 0 nitrogen and oxygen atoms in total. The van der Waals surface area contributed by atoms with Crippen LogP contribution in [-0.2, 0) is 24.7 Å². The molecule has 0 fully saturated rings. The minimum atomic E-state index is 0. The first kappa shape index (κ1) is 17.5. The number of hydrogen-bond donors (Lipinski definition) is 0. The summed E-state index contributed by atoms with van der Waals surface area (Å²) in [5, 5.41) is 0. The molecular weight excluding hydrogens is 348 g/mol. The van der Waals surface area contributed by atoms with Crippen LogP contribution in [0.25, 0.3) is 6.08 Å². The van der Waals surface area contributed by atoms with Crippen molar-refractivity contribution >= 4 is 22.0 Å². The van der Waals surface area contributed by atoms with Crippen LogP contribution in [-0.4, -0.2) is 0 Å². The van der Waals surface area contributed by atoms with Crippen LogP contribution in [0.1, 0.15) is 21.7 Å². The molecule has 0 aromatic heterocycles. The Hall–Kier alpha value is 0.113. The van der Waals surface area contributed by atoms with Crippen LogP contribution in [0.4, 0.5) is 0 Å². The molecule has 0 spiro atoms. The quantitative estimate of drug-likeness (QED) is 0.435. The van der Waals surface area contributed by atoms with Crippen LogP contribution in [0.5, 0.6) is 0 Å². The average Bonchev–Trinajstić information content (AvgIpc) is 2.32. The van der Waals surface area contributed by atoms with Gasteiger partial charge in [-0.15, -0.1) is 0 Å². The monoisotopic (exact) mass is 354 g/mol. The first-order valence-electron chi connectivity index (χ1n) is 3.88. The van der Waals surface area contributed by atoms with Gasteiger partial charge < -0.3 is 14.1 Å². The molecule has 15 heavy (non-hydrogen) atoms. The summed E-state index contributed by atoms with van der Waals surface area (Å²) in [4.78, 5) is 0. The van der Waals surface area contributed by atoms with E-state index in [0.717, 1.165) is 0 Å². The van der Waals surface area contributed by atoms with Gasteiger partial charge in [0, 0.05) is 0 Å². The fraction of sp³-hybridized carbons (Fsp3) is 0.200. The molecule has 0 radical (unpaired) electrons. The Bertz CT molecular complexity index is 366. The van der Waals surface area contributed by atoms with Crippen LogP contribution < -0.4 is 14.1 Å². The van der Waals surface area contributed by atoms with Crippen molar-refractivity contribution in [3.63, 3.8) is 0 Å². The number of allylic oxidation sites excluding steroid dienone is 1. The van der Waals surface area contributed by atoms with Crippen molar-refractivity contribution in [1.82, 2.24) is 0 Å². The minimum Gasteiger partial charge on any atom is -1.00 e. The molecule has 1 aliphatic carbocycles. The van der Waals surface area contributed by atoms with Gasteiger partial charge in [0.1, 0.15) is 0 Å². The van der Waals surface area contributed by atoms with Gasteiger partial charge in [0.25, 0.3) is 0 Å². The second-order valence-electron chi connectivity index (χ2n) is 3.06. The van der Waals surface area contributed by atoms with Gasteiger partial charge in [-0.2, -0.15) is 0 Å². The van der Waals surface area contributed by atoms with Crippen molar-refractivity contribution in [3.8, 4) is 0 Å². The van der Waals surface area contributed by atoms with Crippen molar-refractivity contribution < 1.29 is 38.8 Å². The molecule has 80 valence electrons. The van der Waals surface area contributed by atoms with Gasteiger partial charge in [0.15, 0.2) is 0 Å². The van der Waals surface area contributed by atoms with E-state index in [4.69, 9.17) is 0 Å². The molecule has 2 rings (SSSR count). The molecule has 0 N–H and O–H groups in total. The molecule has 1 aliphatic rings. The van der Waals surface area contributed by atoms with E-state index < -0.39 is 0 Å². The predicted octanol–water partition coefficient (Wildman–Crippen LogP) is -5.53. The van der Waals surface area contributed by atoms with Crippen LogP contribution in [0.15, 0.2) is 28.2 Å². The molecule has 0 aliphatic heterocycles. The third-order valence-electron chi connectivity index (χ3n) is 2.22. The molecule has 1 atom stereocenters. The van der Waals surface area contributed by atoms with E-state index in [1.807, 2.05) is 0 Å². The maximum absolute atomic E-state index is 3.57. The Labute approximate surface area is 110 Å². The van der Waals surface area contributed by atoms with Crippen LogP contribution in [0.3, 0.4) is 0 Å². The van der Waals surface area contributed by atoms with E-state index >= 15 is 0 Å². The zero-order valence-electron chi connectivity index (χ0n) is 7.90. The van der Waals surface area contributed by atoms with E-state index in [1.165, 1.54) is 21.2 Å². The summed E-state index contributed by atoms with van der Waals surface area (Å²) >= 11 is 5.15. The summed E-state index contributed by atoms with van der Waals surface area (Å²) < 4.78 is 1.91. The van der Waals surface area contributed by atoms with Gasteiger partial charge in [-0.3, -0.25) is 0 Å². The predicted molar refractivity (Wildman–Crippen MR) is 50.5 cm³/mol. The maximum atomic E-state index is 3.57. The van der Waals surface area contributed by atoms with Crippen molar-refractivity contribution in [2.75, 3.05) is 0 Å². The van der Waals surface area contributed by atoms with Gasteiger partial charge in [-0.05, 0) is 0 Å². The zero-order chi connectivity index (χ0) is 8.72. The SMILES string of the molecule is CC1=Cc2c(Br)cccc2[CH]1[Zr+3].[F-].[F-].[F-]. The molecule has 5 heteroatoms. The summed E-state index contributed by atoms with van der Waals surface area (Å²) in [7, 11) is 0. The fourth-order valence-electron chi connectivity index (χ4n) is 1.51. The van der Waals surface area contributed by atoms with Crippen molar-refractivity contribution in [2.24, 2.45) is 0 Å². The molecule has 0 saturated carbocycles. The third kappa shape index (κ3) is 3.04. The van der Waals surface area contributed by atoms with Crippen LogP contribution in [0.2, 0.25) is 0 Å².